The lowest BCUT2D eigenvalue weighted by molar-refractivity contribution is -0.196. The minimum absolute atomic E-state index is 0.105. The van der Waals surface area contributed by atoms with Crippen molar-refractivity contribution in [3.05, 3.63) is 0 Å². The summed E-state index contributed by atoms with van der Waals surface area (Å²) in [5, 5.41) is 9.33. The highest BCUT2D eigenvalue weighted by molar-refractivity contribution is 4.87. The second kappa shape index (κ2) is 4.04. The van der Waals surface area contributed by atoms with Gasteiger partial charge in [0.05, 0.1) is 6.10 Å². The van der Waals surface area contributed by atoms with E-state index in [4.69, 9.17) is 9.47 Å². The van der Waals surface area contributed by atoms with Crippen LogP contribution in [0.25, 0.3) is 0 Å². The van der Waals surface area contributed by atoms with Crippen molar-refractivity contribution in [1.29, 1.82) is 0 Å². The molecule has 1 aliphatic carbocycles. The largest absolute Gasteiger partial charge is 0.368 e. The van der Waals surface area contributed by atoms with Crippen LogP contribution in [0.15, 0.2) is 0 Å². The quantitative estimate of drug-likeness (QED) is 0.723. The summed E-state index contributed by atoms with van der Waals surface area (Å²) < 4.78 is 11.3. The van der Waals surface area contributed by atoms with Crippen molar-refractivity contribution in [2.45, 2.75) is 63.6 Å². The molecular weight excluding hydrogens is 192 g/mol. The van der Waals surface area contributed by atoms with Crippen molar-refractivity contribution in [3.8, 4) is 0 Å². The molecule has 2 unspecified atom stereocenters. The highest BCUT2D eigenvalue weighted by Gasteiger charge is 2.45. The predicted molar refractivity (Wildman–Crippen MR) is 55.1 cm³/mol. The Morgan fingerprint density at radius 3 is 2.40 bits per heavy atom. The lowest BCUT2D eigenvalue weighted by atomic mass is 9.83. The fraction of sp³-hybridized carbons (Fsp3) is 1.00. The molecule has 1 N–H and O–H groups in total. The van der Waals surface area contributed by atoms with E-state index in [0.717, 1.165) is 18.8 Å². The van der Waals surface area contributed by atoms with E-state index in [1.165, 1.54) is 32.1 Å². The molecule has 0 spiro atoms. The summed E-state index contributed by atoms with van der Waals surface area (Å²) in [6, 6.07) is 0. The van der Waals surface area contributed by atoms with Crippen molar-refractivity contribution >= 4 is 0 Å². The van der Waals surface area contributed by atoms with E-state index in [1.54, 1.807) is 0 Å². The number of rotatable bonds is 1. The summed E-state index contributed by atoms with van der Waals surface area (Å²) in [4.78, 5) is 0. The highest BCUT2D eigenvalue weighted by atomic mass is 16.7. The van der Waals surface area contributed by atoms with E-state index in [0.29, 0.717) is 12.0 Å². The summed E-state index contributed by atoms with van der Waals surface area (Å²) in [5.41, 5.74) is 0. The predicted octanol–water partition coefficient (Wildman–Crippen LogP) is 2.04. The number of aliphatic hydroxyl groups excluding tert-OH is 1. The van der Waals surface area contributed by atoms with Crippen molar-refractivity contribution in [2.24, 2.45) is 11.8 Å². The molecule has 0 amide bonds. The third kappa shape index (κ3) is 1.93. The van der Waals surface area contributed by atoms with Gasteiger partial charge in [0.15, 0.2) is 12.6 Å². The molecule has 86 valence electrons. The van der Waals surface area contributed by atoms with E-state index in [2.05, 4.69) is 0 Å². The molecular formula is C12H20O3. The molecule has 0 bridgehead atoms. The Morgan fingerprint density at radius 2 is 1.67 bits per heavy atom. The molecule has 3 heteroatoms. The Labute approximate surface area is 90.8 Å². The lowest BCUT2D eigenvalue weighted by Crippen LogP contribution is -2.25. The van der Waals surface area contributed by atoms with Crippen LogP contribution in [-0.2, 0) is 9.47 Å². The molecule has 2 heterocycles. The first-order valence-corrected chi connectivity index (χ1v) is 6.32. The summed E-state index contributed by atoms with van der Waals surface area (Å²) in [6.45, 7) is 0. The van der Waals surface area contributed by atoms with E-state index in [1.807, 2.05) is 0 Å². The molecule has 0 aromatic heterocycles. The highest BCUT2D eigenvalue weighted by Crippen LogP contribution is 2.42. The third-order valence-corrected chi connectivity index (χ3v) is 4.20. The van der Waals surface area contributed by atoms with Gasteiger partial charge in [0.1, 0.15) is 0 Å². The van der Waals surface area contributed by atoms with Crippen LogP contribution >= 0.6 is 0 Å². The van der Waals surface area contributed by atoms with Gasteiger partial charge in [-0.25, -0.2) is 0 Å². The van der Waals surface area contributed by atoms with Crippen molar-refractivity contribution in [1.82, 2.24) is 0 Å². The molecule has 3 rings (SSSR count). The van der Waals surface area contributed by atoms with Gasteiger partial charge >= 0.3 is 0 Å². The van der Waals surface area contributed by atoms with Crippen LogP contribution in [0.2, 0.25) is 0 Å². The van der Waals surface area contributed by atoms with Crippen molar-refractivity contribution in [2.75, 3.05) is 0 Å². The van der Waals surface area contributed by atoms with Gasteiger partial charge in [-0.3, -0.25) is 0 Å². The fourth-order valence-electron chi connectivity index (χ4n) is 3.38. The second-order valence-corrected chi connectivity index (χ2v) is 5.26. The molecule has 15 heavy (non-hydrogen) atoms. The SMILES string of the molecule is OC1C[C@H]2CC(C3CCCCC3)O[C@H]2O1. The number of hydrogen-bond acceptors (Lipinski definition) is 3. The number of ether oxygens (including phenoxy) is 2. The average Bonchev–Trinajstić information content (AvgIpc) is 2.76. The Hall–Kier alpha value is -0.120. The van der Waals surface area contributed by atoms with E-state index < -0.39 is 6.29 Å². The first-order valence-electron chi connectivity index (χ1n) is 6.32. The van der Waals surface area contributed by atoms with Crippen LogP contribution in [0, 0.1) is 11.8 Å². The molecule has 3 fully saturated rings. The van der Waals surface area contributed by atoms with Gasteiger partial charge in [-0.2, -0.15) is 0 Å². The first-order chi connectivity index (χ1) is 7.33. The molecule has 0 radical (unpaired) electrons. The van der Waals surface area contributed by atoms with E-state index in [9.17, 15) is 5.11 Å². The molecule has 3 aliphatic rings. The van der Waals surface area contributed by atoms with Crippen molar-refractivity contribution < 1.29 is 14.6 Å². The zero-order chi connectivity index (χ0) is 10.3. The number of hydrogen-bond donors (Lipinski definition) is 1. The Balaban J connectivity index is 1.57. The first kappa shape index (κ1) is 10.1. The van der Waals surface area contributed by atoms with Gasteiger partial charge in [-0.1, -0.05) is 19.3 Å². The minimum atomic E-state index is -0.577. The molecule has 0 aromatic carbocycles. The maximum Gasteiger partial charge on any atom is 0.164 e. The van der Waals surface area contributed by atoms with Gasteiger partial charge in [-0.05, 0) is 25.2 Å². The van der Waals surface area contributed by atoms with Gasteiger partial charge in [0.2, 0.25) is 0 Å². The Kier molecular flexibility index (Phi) is 2.71. The third-order valence-electron chi connectivity index (χ3n) is 4.20. The van der Waals surface area contributed by atoms with Gasteiger partial charge in [0, 0.05) is 12.3 Å². The fourth-order valence-corrected chi connectivity index (χ4v) is 3.38. The van der Waals surface area contributed by atoms with Crippen LogP contribution in [0.4, 0.5) is 0 Å². The zero-order valence-corrected chi connectivity index (χ0v) is 9.10. The number of fused-ring (bicyclic) bond motifs is 1. The minimum Gasteiger partial charge on any atom is -0.368 e. The number of aliphatic hydroxyl groups is 1. The van der Waals surface area contributed by atoms with Crippen LogP contribution in [0.5, 0.6) is 0 Å². The molecule has 1 saturated carbocycles. The Morgan fingerprint density at radius 1 is 0.867 bits per heavy atom. The topological polar surface area (TPSA) is 38.7 Å². The summed E-state index contributed by atoms with van der Waals surface area (Å²) in [6.07, 6.45) is 8.38. The van der Waals surface area contributed by atoms with Crippen LogP contribution in [-0.4, -0.2) is 23.8 Å². The van der Waals surface area contributed by atoms with E-state index in [-0.39, 0.29) is 6.29 Å². The van der Waals surface area contributed by atoms with Gasteiger partial charge in [-0.15, -0.1) is 0 Å². The smallest absolute Gasteiger partial charge is 0.164 e. The van der Waals surface area contributed by atoms with Crippen LogP contribution in [0.1, 0.15) is 44.9 Å². The standard InChI is InChI=1S/C12H20O3/c13-11-7-9-6-10(14-12(9)15-11)8-4-2-1-3-5-8/h8-13H,1-7H2/t9-,10?,11?,12+/m1/s1. The van der Waals surface area contributed by atoms with Gasteiger partial charge < -0.3 is 14.6 Å². The normalized spacial score (nSPS) is 47.0. The maximum absolute atomic E-state index is 9.33. The zero-order valence-electron chi connectivity index (χ0n) is 9.10. The van der Waals surface area contributed by atoms with E-state index >= 15 is 0 Å². The molecule has 2 aliphatic heterocycles. The average molecular weight is 212 g/mol. The monoisotopic (exact) mass is 212 g/mol. The molecule has 4 atom stereocenters. The van der Waals surface area contributed by atoms with Crippen LogP contribution < -0.4 is 0 Å². The second-order valence-electron chi connectivity index (χ2n) is 5.26. The van der Waals surface area contributed by atoms with Crippen molar-refractivity contribution in [3.63, 3.8) is 0 Å². The van der Waals surface area contributed by atoms with Gasteiger partial charge in [0.25, 0.3) is 0 Å². The summed E-state index contributed by atoms with van der Waals surface area (Å²) in [7, 11) is 0. The molecule has 3 nitrogen and oxygen atoms in total. The Bertz CT molecular complexity index is 211. The molecule has 0 aromatic rings. The van der Waals surface area contributed by atoms with Crippen LogP contribution in [0.3, 0.4) is 0 Å². The summed E-state index contributed by atoms with van der Waals surface area (Å²) >= 11 is 0. The molecule has 2 saturated heterocycles. The maximum atomic E-state index is 9.33. The lowest BCUT2D eigenvalue weighted by Gasteiger charge is -2.27. The summed E-state index contributed by atoms with van der Waals surface area (Å²) in [5.74, 6) is 1.21.